The van der Waals surface area contributed by atoms with E-state index in [2.05, 4.69) is 0 Å². The van der Waals surface area contributed by atoms with Crippen LogP contribution in [0.2, 0.25) is 0 Å². The summed E-state index contributed by atoms with van der Waals surface area (Å²) in [5.74, 6) is -0.134. The van der Waals surface area contributed by atoms with Gasteiger partial charge in [-0.1, -0.05) is 12.1 Å². The summed E-state index contributed by atoms with van der Waals surface area (Å²) in [4.78, 5) is 10.9. The van der Waals surface area contributed by atoms with Gasteiger partial charge in [0.2, 0.25) is 0 Å². The number of ether oxygens (including phenoxy) is 1. The zero-order valence-electron chi connectivity index (χ0n) is 10.5. The van der Waals surface area contributed by atoms with Crippen molar-refractivity contribution in [1.82, 2.24) is 0 Å². The fourth-order valence-corrected chi connectivity index (χ4v) is 1.61. The molecule has 0 bridgehead atoms. The normalized spacial score (nSPS) is 14.1. The smallest absolute Gasteiger partial charge is 0.323 e. The first-order valence-electron chi connectivity index (χ1n) is 5.52. The Balaban J connectivity index is 2.71. The Kier molecular flexibility index (Phi) is 4.12. The summed E-state index contributed by atoms with van der Waals surface area (Å²) in [5, 5.41) is 8.91. The Morgan fingerprint density at radius 2 is 2.18 bits per heavy atom. The molecule has 0 fully saturated rings. The van der Waals surface area contributed by atoms with Crippen molar-refractivity contribution in [3.05, 3.63) is 29.3 Å². The number of hydrogen-bond acceptors (Lipinski definition) is 3. The fraction of sp³-hybridized carbons (Fsp3) is 0.462. The first kappa shape index (κ1) is 13.5. The molecule has 1 aromatic carbocycles. The molecular formula is C13H19NO3. The second-order valence-electron chi connectivity index (χ2n) is 4.53. The average molecular weight is 237 g/mol. The number of aryl methyl sites for hydroxylation is 2. The van der Waals surface area contributed by atoms with E-state index in [1.165, 1.54) is 6.92 Å². The zero-order valence-corrected chi connectivity index (χ0v) is 10.5. The largest absolute Gasteiger partial charge is 0.496 e. The van der Waals surface area contributed by atoms with Crippen molar-refractivity contribution in [2.24, 2.45) is 5.73 Å². The van der Waals surface area contributed by atoms with Crippen molar-refractivity contribution in [3.8, 4) is 5.75 Å². The molecule has 0 amide bonds. The molecular weight excluding hydrogens is 218 g/mol. The van der Waals surface area contributed by atoms with Crippen LogP contribution in [0, 0.1) is 6.92 Å². The summed E-state index contributed by atoms with van der Waals surface area (Å²) in [6, 6.07) is 5.82. The van der Waals surface area contributed by atoms with E-state index < -0.39 is 11.5 Å². The Hall–Kier alpha value is -1.55. The topological polar surface area (TPSA) is 72.5 Å². The van der Waals surface area contributed by atoms with Crippen LogP contribution in [0.1, 0.15) is 24.5 Å². The highest BCUT2D eigenvalue weighted by Gasteiger charge is 2.27. The maximum absolute atomic E-state index is 10.9. The van der Waals surface area contributed by atoms with E-state index in [4.69, 9.17) is 15.6 Å². The van der Waals surface area contributed by atoms with Gasteiger partial charge in [0.05, 0.1) is 7.11 Å². The minimum Gasteiger partial charge on any atom is -0.496 e. The number of benzene rings is 1. The number of carboxylic acids is 1. The van der Waals surface area contributed by atoms with E-state index >= 15 is 0 Å². The molecule has 0 spiro atoms. The number of carbonyl (C=O) groups is 1. The van der Waals surface area contributed by atoms with Crippen molar-refractivity contribution in [1.29, 1.82) is 0 Å². The molecule has 0 saturated carbocycles. The summed E-state index contributed by atoms with van der Waals surface area (Å²) in [7, 11) is 1.63. The molecule has 94 valence electrons. The highest BCUT2D eigenvalue weighted by Crippen LogP contribution is 2.20. The molecule has 0 aliphatic heterocycles. The molecule has 3 N–H and O–H groups in total. The first-order chi connectivity index (χ1) is 7.86. The molecule has 4 nitrogen and oxygen atoms in total. The number of hydrogen-bond donors (Lipinski definition) is 2. The lowest BCUT2D eigenvalue weighted by molar-refractivity contribution is -0.142. The number of aliphatic carboxylic acids is 1. The van der Waals surface area contributed by atoms with Crippen LogP contribution in [0.5, 0.6) is 5.75 Å². The van der Waals surface area contributed by atoms with Crippen LogP contribution in [0.4, 0.5) is 0 Å². The average Bonchev–Trinajstić information content (AvgIpc) is 2.26. The number of carboxylic acid groups (broad SMARTS) is 1. The summed E-state index contributed by atoms with van der Waals surface area (Å²) >= 11 is 0. The Bertz CT molecular complexity index is 413. The van der Waals surface area contributed by atoms with Crippen molar-refractivity contribution in [2.45, 2.75) is 32.2 Å². The van der Waals surface area contributed by atoms with E-state index in [1.54, 1.807) is 7.11 Å². The van der Waals surface area contributed by atoms with Gasteiger partial charge in [-0.05, 0) is 43.9 Å². The molecule has 0 radical (unpaired) electrons. The van der Waals surface area contributed by atoms with Gasteiger partial charge in [-0.3, -0.25) is 4.79 Å². The number of methoxy groups -OCH3 is 1. The van der Waals surface area contributed by atoms with Gasteiger partial charge in [0, 0.05) is 0 Å². The van der Waals surface area contributed by atoms with Gasteiger partial charge in [0.15, 0.2) is 0 Å². The number of nitrogens with two attached hydrogens (primary N) is 1. The summed E-state index contributed by atoms with van der Waals surface area (Å²) in [6.45, 7) is 3.49. The zero-order chi connectivity index (χ0) is 13.1. The highest BCUT2D eigenvalue weighted by molar-refractivity contribution is 5.77. The van der Waals surface area contributed by atoms with Gasteiger partial charge in [-0.2, -0.15) is 0 Å². The lowest BCUT2D eigenvalue weighted by Gasteiger charge is -2.19. The lowest BCUT2D eigenvalue weighted by atomic mass is 9.94. The standard InChI is InChI=1S/C13H19NO3/c1-9-8-10(4-5-11(9)17-3)6-7-13(2,14)12(15)16/h4-5,8H,6-7,14H2,1-3H3,(H,15,16). The molecule has 1 rings (SSSR count). The monoisotopic (exact) mass is 237 g/mol. The fourth-order valence-electron chi connectivity index (χ4n) is 1.61. The molecule has 1 atom stereocenters. The van der Waals surface area contributed by atoms with Crippen LogP contribution in [-0.4, -0.2) is 23.7 Å². The van der Waals surface area contributed by atoms with Gasteiger partial charge in [-0.25, -0.2) is 0 Å². The summed E-state index contributed by atoms with van der Waals surface area (Å²) in [6.07, 6.45) is 1.05. The van der Waals surface area contributed by atoms with Crippen LogP contribution >= 0.6 is 0 Å². The van der Waals surface area contributed by atoms with Crippen LogP contribution in [0.25, 0.3) is 0 Å². The van der Waals surface area contributed by atoms with E-state index in [1.807, 2.05) is 25.1 Å². The quantitative estimate of drug-likeness (QED) is 0.818. The Morgan fingerprint density at radius 3 is 2.65 bits per heavy atom. The van der Waals surface area contributed by atoms with E-state index in [-0.39, 0.29) is 0 Å². The summed E-state index contributed by atoms with van der Waals surface area (Å²) < 4.78 is 5.16. The molecule has 17 heavy (non-hydrogen) atoms. The van der Waals surface area contributed by atoms with Gasteiger partial charge in [0.25, 0.3) is 0 Å². The van der Waals surface area contributed by atoms with Crippen molar-refractivity contribution in [3.63, 3.8) is 0 Å². The second-order valence-corrected chi connectivity index (χ2v) is 4.53. The van der Waals surface area contributed by atoms with Crippen LogP contribution in [0.15, 0.2) is 18.2 Å². The molecule has 0 aliphatic carbocycles. The SMILES string of the molecule is COc1ccc(CCC(C)(N)C(=O)O)cc1C. The third-order valence-corrected chi connectivity index (χ3v) is 2.88. The molecule has 0 heterocycles. The lowest BCUT2D eigenvalue weighted by Crippen LogP contribution is -2.45. The summed E-state index contributed by atoms with van der Waals surface area (Å²) in [5.41, 5.74) is 6.62. The van der Waals surface area contributed by atoms with Gasteiger partial charge < -0.3 is 15.6 Å². The molecule has 0 aliphatic rings. The van der Waals surface area contributed by atoms with Crippen molar-refractivity contribution >= 4 is 5.97 Å². The highest BCUT2D eigenvalue weighted by atomic mass is 16.5. The third-order valence-electron chi connectivity index (χ3n) is 2.88. The van der Waals surface area contributed by atoms with E-state index in [9.17, 15) is 4.79 Å². The van der Waals surface area contributed by atoms with Crippen LogP contribution in [0.3, 0.4) is 0 Å². The predicted octanol–water partition coefficient (Wildman–Crippen LogP) is 1.74. The minimum absolute atomic E-state index is 0.411. The van der Waals surface area contributed by atoms with E-state index in [0.29, 0.717) is 12.8 Å². The van der Waals surface area contributed by atoms with E-state index in [0.717, 1.165) is 16.9 Å². The second kappa shape index (κ2) is 5.19. The third kappa shape index (κ3) is 3.46. The minimum atomic E-state index is -1.17. The van der Waals surface area contributed by atoms with Crippen molar-refractivity contribution < 1.29 is 14.6 Å². The number of rotatable bonds is 5. The Labute approximate surface area is 101 Å². The molecule has 1 aromatic rings. The van der Waals surface area contributed by atoms with Gasteiger partial charge in [0.1, 0.15) is 11.3 Å². The van der Waals surface area contributed by atoms with Gasteiger partial charge in [-0.15, -0.1) is 0 Å². The van der Waals surface area contributed by atoms with Gasteiger partial charge >= 0.3 is 5.97 Å². The molecule has 0 saturated heterocycles. The molecule has 4 heteroatoms. The maximum Gasteiger partial charge on any atom is 0.323 e. The first-order valence-corrected chi connectivity index (χ1v) is 5.52. The maximum atomic E-state index is 10.9. The molecule has 1 unspecified atom stereocenters. The van der Waals surface area contributed by atoms with Crippen LogP contribution < -0.4 is 10.5 Å². The molecule has 0 aromatic heterocycles. The predicted molar refractivity (Wildman–Crippen MR) is 66.3 cm³/mol. The Morgan fingerprint density at radius 1 is 1.53 bits per heavy atom. The van der Waals surface area contributed by atoms with Crippen molar-refractivity contribution in [2.75, 3.05) is 7.11 Å². The van der Waals surface area contributed by atoms with Crippen LogP contribution in [-0.2, 0) is 11.2 Å².